The molecule has 2 rings (SSSR count). The second-order valence-electron chi connectivity index (χ2n) is 3.47. The average molecular weight is 234 g/mol. The summed E-state index contributed by atoms with van der Waals surface area (Å²) in [7, 11) is 0. The molecule has 0 N–H and O–H groups in total. The van der Waals surface area contributed by atoms with Gasteiger partial charge in [0.15, 0.2) is 5.78 Å². The fourth-order valence-corrected chi connectivity index (χ4v) is 1.43. The topological polar surface area (TPSA) is 42.9 Å². The van der Waals surface area contributed by atoms with Crippen molar-refractivity contribution in [1.29, 1.82) is 0 Å². The lowest BCUT2D eigenvalue weighted by Gasteiger charge is -2.01. The molecule has 0 fully saturated rings. The number of carbonyl (C=O) groups excluding carboxylic acids is 1. The highest BCUT2D eigenvalue weighted by atomic mass is 19.1. The van der Waals surface area contributed by atoms with Crippen LogP contribution in [-0.4, -0.2) is 15.8 Å². The first-order chi connectivity index (χ1) is 8.15. The first-order valence-corrected chi connectivity index (χ1v) is 4.89. The Morgan fingerprint density at radius 3 is 2.41 bits per heavy atom. The van der Waals surface area contributed by atoms with Crippen molar-refractivity contribution < 1.29 is 13.6 Å². The molecule has 1 aromatic heterocycles. The molecule has 1 aromatic carbocycles. The van der Waals surface area contributed by atoms with E-state index in [0.29, 0.717) is 0 Å². The number of rotatable bonds is 3. The number of halogens is 2. The smallest absolute Gasteiger partial charge is 0.187 e. The van der Waals surface area contributed by atoms with Crippen molar-refractivity contribution in [3.63, 3.8) is 0 Å². The van der Waals surface area contributed by atoms with Crippen molar-refractivity contribution in [2.75, 3.05) is 0 Å². The lowest BCUT2D eigenvalue weighted by atomic mass is 10.1. The van der Waals surface area contributed by atoms with E-state index in [0.717, 1.165) is 18.2 Å². The van der Waals surface area contributed by atoms with E-state index < -0.39 is 11.6 Å². The molecule has 0 radical (unpaired) electrons. The summed E-state index contributed by atoms with van der Waals surface area (Å²) < 4.78 is 25.8. The van der Waals surface area contributed by atoms with Gasteiger partial charge in [0, 0.05) is 24.9 Å². The van der Waals surface area contributed by atoms with E-state index in [1.165, 1.54) is 18.6 Å². The highest BCUT2D eigenvalue weighted by molar-refractivity contribution is 5.95. The summed E-state index contributed by atoms with van der Waals surface area (Å²) in [5.41, 5.74) is 0.454. The van der Waals surface area contributed by atoms with Crippen molar-refractivity contribution in [1.82, 2.24) is 9.97 Å². The number of aromatic nitrogens is 2. The van der Waals surface area contributed by atoms with Gasteiger partial charge in [-0.2, -0.15) is 0 Å². The maximum Gasteiger partial charge on any atom is 0.187 e. The van der Waals surface area contributed by atoms with Crippen LogP contribution in [-0.2, 0) is 6.42 Å². The van der Waals surface area contributed by atoms with Gasteiger partial charge >= 0.3 is 0 Å². The maximum atomic E-state index is 12.9. The summed E-state index contributed by atoms with van der Waals surface area (Å²) in [5.74, 6) is -1.73. The van der Waals surface area contributed by atoms with Crippen LogP contribution in [0.5, 0.6) is 0 Å². The number of benzene rings is 1. The van der Waals surface area contributed by atoms with E-state index >= 15 is 0 Å². The van der Waals surface area contributed by atoms with Crippen molar-refractivity contribution in [2.24, 2.45) is 0 Å². The lowest BCUT2D eigenvalue weighted by molar-refractivity contribution is 0.0988. The number of nitrogens with zero attached hydrogens (tertiary/aromatic N) is 2. The van der Waals surface area contributed by atoms with Gasteiger partial charge in [-0.25, -0.2) is 13.8 Å². The predicted molar refractivity (Wildman–Crippen MR) is 56.4 cm³/mol. The SMILES string of the molecule is O=C(Cc1cc(F)cc(F)c1)c1cnccn1. The van der Waals surface area contributed by atoms with E-state index in [1.54, 1.807) is 0 Å². The first kappa shape index (κ1) is 11.3. The molecule has 0 aliphatic carbocycles. The third-order valence-electron chi connectivity index (χ3n) is 2.14. The van der Waals surface area contributed by atoms with Gasteiger partial charge < -0.3 is 0 Å². The van der Waals surface area contributed by atoms with Crippen LogP contribution in [0.1, 0.15) is 16.1 Å². The largest absolute Gasteiger partial charge is 0.292 e. The zero-order valence-electron chi connectivity index (χ0n) is 8.73. The van der Waals surface area contributed by atoms with E-state index in [4.69, 9.17) is 0 Å². The molecular weight excluding hydrogens is 226 g/mol. The Hall–Kier alpha value is -2.17. The van der Waals surface area contributed by atoms with Crippen LogP contribution in [0, 0.1) is 11.6 Å². The summed E-state index contributed by atoms with van der Waals surface area (Å²) in [4.78, 5) is 19.3. The van der Waals surface area contributed by atoms with Gasteiger partial charge in [-0.1, -0.05) is 0 Å². The van der Waals surface area contributed by atoms with Gasteiger partial charge in [0.2, 0.25) is 0 Å². The van der Waals surface area contributed by atoms with Gasteiger partial charge in [-0.3, -0.25) is 9.78 Å². The molecule has 0 spiro atoms. The molecule has 1 heterocycles. The molecule has 0 amide bonds. The van der Waals surface area contributed by atoms with Gasteiger partial charge in [0.1, 0.15) is 17.3 Å². The molecule has 3 nitrogen and oxygen atoms in total. The van der Waals surface area contributed by atoms with Gasteiger partial charge in [0.25, 0.3) is 0 Å². The second kappa shape index (κ2) is 4.78. The summed E-state index contributed by atoms with van der Waals surface area (Å²) in [6.45, 7) is 0. The second-order valence-corrected chi connectivity index (χ2v) is 3.47. The van der Waals surface area contributed by atoms with Crippen molar-refractivity contribution in [3.8, 4) is 0 Å². The molecule has 5 heteroatoms. The summed E-state index contributed by atoms with van der Waals surface area (Å²) in [5, 5.41) is 0. The fourth-order valence-electron chi connectivity index (χ4n) is 1.43. The third-order valence-corrected chi connectivity index (χ3v) is 2.14. The van der Waals surface area contributed by atoms with Gasteiger partial charge in [-0.15, -0.1) is 0 Å². The Morgan fingerprint density at radius 1 is 1.12 bits per heavy atom. The van der Waals surface area contributed by atoms with Crippen LogP contribution in [0.4, 0.5) is 8.78 Å². The molecule has 0 atom stereocenters. The zero-order chi connectivity index (χ0) is 12.3. The van der Waals surface area contributed by atoms with Crippen LogP contribution >= 0.6 is 0 Å². The molecule has 2 aromatic rings. The quantitative estimate of drug-likeness (QED) is 0.764. The number of hydrogen-bond acceptors (Lipinski definition) is 3. The predicted octanol–water partition coefficient (Wildman–Crippen LogP) is 2.18. The minimum atomic E-state index is -0.702. The molecular formula is C12H8F2N2O. The number of carbonyl (C=O) groups is 1. The standard InChI is InChI=1S/C12H8F2N2O/c13-9-3-8(4-10(14)6-9)5-12(17)11-7-15-1-2-16-11/h1-4,6-7H,5H2. The molecule has 0 bridgehead atoms. The lowest BCUT2D eigenvalue weighted by Crippen LogP contribution is -2.06. The first-order valence-electron chi connectivity index (χ1n) is 4.89. The number of Topliss-reactive ketones (excluding diaryl/α,β-unsaturated/α-hetero) is 1. The van der Waals surface area contributed by atoms with Crippen molar-refractivity contribution >= 4 is 5.78 Å². The molecule has 86 valence electrons. The number of ketones is 1. The summed E-state index contributed by atoms with van der Waals surface area (Å²) in [6, 6.07) is 3.00. The van der Waals surface area contributed by atoms with E-state index in [-0.39, 0.29) is 23.5 Å². The third kappa shape index (κ3) is 2.90. The van der Waals surface area contributed by atoms with Crippen LogP contribution in [0.3, 0.4) is 0 Å². The van der Waals surface area contributed by atoms with Crippen LogP contribution in [0.2, 0.25) is 0 Å². The van der Waals surface area contributed by atoms with Crippen LogP contribution in [0.25, 0.3) is 0 Å². The molecule has 0 saturated carbocycles. The summed E-state index contributed by atoms with van der Waals surface area (Å²) >= 11 is 0. The normalized spacial score (nSPS) is 10.2. The molecule has 0 aliphatic heterocycles. The van der Waals surface area contributed by atoms with Crippen molar-refractivity contribution in [2.45, 2.75) is 6.42 Å². The Bertz CT molecular complexity index is 523. The fraction of sp³-hybridized carbons (Fsp3) is 0.0833. The number of hydrogen-bond donors (Lipinski definition) is 0. The minimum absolute atomic E-state index is 0.104. The van der Waals surface area contributed by atoms with E-state index in [2.05, 4.69) is 9.97 Å². The maximum absolute atomic E-state index is 12.9. The van der Waals surface area contributed by atoms with Gasteiger partial charge in [0.05, 0.1) is 6.20 Å². The Labute approximate surface area is 96.2 Å². The Morgan fingerprint density at radius 2 is 1.82 bits per heavy atom. The molecule has 0 unspecified atom stereocenters. The Kier molecular flexibility index (Phi) is 3.18. The summed E-state index contributed by atoms with van der Waals surface area (Å²) in [6.07, 6.45) is 4.05. The van der Waals surface area contributed by atoms with Gasteiger partial charge in [-0.05, 0) is 17.7 Å². The van der Waals surface area contributed by atoms with Crippen molar-refractivity contribution in [3.05, 3.63) is 59.7 Å². The minimum Gasteiger partial charge on any atom is -0.292 e. The van der Waals surface area contributed by atoms with Crippen LogP contribution < -0.4 is 0 Å². The zero-order valence-corrected chi connectivity index (χ0v) is 8.73. The van der Waals surface area contributed by atoms with E-state index in [9.17, 15) is 13.6 Å². The molecule has 0 aliphatic rings. The average Bonchev–Trinajstić information content (AvgIpc) is 2.28. The van der Waals surface area contributed by atoms with E-state index in [1.807, 2.05) is 0 Å². The molecule has 17 heavy (non-hydrogen) atoms. The molecule has 0 saturated heterocycles. The monoisotopic (exact) mass is 234 g/mol. The van der Waals surface area contributed by atoms with Crippen LogP contribution in [0.15, 0.2) is 36.8 Å². The highest BCUT2D eigenvalue weighted by Crippen LogP contribution is 2.10. The Balaban J connectivity index is 2.19. The highest BCUT2D eigenvalue weighted by Gasteiger charge is 2.10.